The zero-order chi connectivity index (χ0) is 14.1. The van der Waals surface area contributed by atoms with Crippen LogP contribution in [0.4, 0.5) is 5.69 Å². The van der Waals surface area contributed by atoms with Crippen LogP contribution in [0.5, 0.6) is 0 Å². The van der Waals surface area contributed by atoms with Crippen LogP contribution >= 0.6 is 0 Å². The van der Waals surface area contributed by atoms with Gasteiger partial charge in [0.1, 0.15) is 0 Å². The van der Waals surface area contributed by atoms with Crippen molar-refractivity contribution in [3.8, 4) is 0 Å². The number of carbonyl (C=O) groups is 1. The third kappa shape index (κ3) is 2.28. The molecule has 20 heavy (non-hydrogen) atoms. The van der Waals surface area contributed by atoms with Gasteiger partial charge in [0.15, 0.2) is 11.5 Å². The van der Waals surface area contributed by atoms with E-state index in [-0.39, 0.29) is 11.5 Å². The van der Waals surface area contributed by atoms with Gasteiger partial charge in [-0.25, -0.2) is 5.21 Å². The molecular formula is C16H13NO3. The van der Waals surface area contributed by atoms with Crippen LogP contribution in [0.2, 0.25) is 0 Å². The summed E-state index contributed by atoms with van der Waals surface area (Å²) in [5, 5.41) is 18.7. The molecule has 4 nitrogen and oxygen atoms in total. The van der Waals surface area contributed by atoms with Gasteiger partial charge in [0.2, 0.25) is 0 Å². The number of ketones is 1. The summed E-state index contributed by atoms with van der Waals surface area (Å²) in [4.78, 5) is 12.2. The Hall–Kier alpha value is -2.27. The zero-order valence-electron chi connectivity index (χ0n) is 10.7. The highest BCUT2D eigenvalue weighted by Gasteiger charge is 2.23. The predicted octanol–water partition coefficient (Wildman–Crippen LogP) is 1.91. The first-order valence-corrected chi connectivity index (χ1v) is 6.32. The minimum atomic E-state index is -0.950. The van der Waals surface area contributed by atoms with Crippen molar-refractivity contribution >= 4 is 17.5 Å². The molecule has 0 radical (unpaired) electrons. The van der Waals surface area contributed by atoms with E-state index in [1.807, 2.05) is 30.3 Å². The standard InChI is InChI=1S/C16H13NO3/c18-16-13(10-12-3-1-2-4-15(12)16)9-11-5-7-14(8-6-11)17(19)20/h1-9,17,19H,10H2/b13-9-. The molecule has 2 aromatic carbocycles. The summed E-state index contributed by atoms with van der Waals surface area (Å²) >= 11 is 0. The number of Topliss-reactive ketones (excluding diaryl/α,β-unsaturated/α-hetero) is 1. The van der Waals surface area contributed by atoms with Gasteiger partial charge in [-0.15, -0.1) is 0 Å². The molecular weight excluding hydrogens is 254 g/mol. The molecule has 3 rings (SSSR count). The molecule has 0 fully saturated rings. The Morgan fingerprint density at radius 3 is 2.45 bits per heavy atom. The molecule has 4 heteroatoms. The van der Waals surface area contributed by atoms with Gasteiger partial charge in [-0.05, 0) is 29.3 Å². The monoisotopic (exact) mass is 267 g/mol. The molecule has 2 N–H and O–H groups in total. The fourth-order valence-electron chi connectivity index (χ4n) is 2.39. The fourth-order valence-corrected chi connectivity index (χ4v) is 2.39. The average Bonchev–Trinajstić information content (AvgIpc) is 2.77. The van der Waals surface area contributed by atoms with Gasteiger partial charge in [0, 0.05) is 29.7 Å². The van der Waals surface area contributed by atoms with Crippen molar-refractivity contribution in [2.75, 3.05) is 0 Å². The van der Waals surface area contributed by atoms with E-state index in [4.69, 9.17) is 5.21 Å². The van der Waals surface area contributed by atoms with Crippen molar-refractivity contribution in [1.82, 2.24) is 0 Å². The van der Waals surface area contributed by atoms with Crippen LogP contribution in [0, 0.1) is 5.21 Å². The van der Waals surface area contributed by atoms with Crippen LogP contribution in [-0.4, -0.2) is 11.0 Å². The molecule has 1 aliphatic rings. The Morgan fingerprint density at radius 1 is 1.10 bits per heavy atom. The van der Waals surface area contributed by atoms with Gasteiger partial charge in [-0.2, -0.15) is 5.23 Å². The number of hydrogen-bond donors (Lipinski definition) is 2. The predicted molar refractivity (Wildman–Crippen MR) is 74.7 cm³/mol. The summed E-state index contributed by atoms with van der Waals surface area (Å²) in [6.07, 6.45) is 2.46. The maximum absolute atomic E-state index is 12.2. The number of quaternary nitrogens is 1. The van der Waals surface area contributed by atoms with Gasteiger partial charge in [-0.1, -0.05) is 24.3 Å². The second-order valence-corrected chi connectivity index (χ2v) is 4.76. The summed E-state index contributed by atoms with van der Waals surface area (Å²) in [5.74, 6) is 0.0583. The fraction of sp³-hybridized carbons (Fsp3) is 0.0625. The van der Waals surface area contributed by atoms with Crippen LogP contribution in [0.1, 0.15) is 21.5 Å². The van der Waals surface area contributed by atoms with E-state index in [9.17, 15) is 10.0 Å². The van der Waals surface area contributed by atoms with Crippen molar-refractivity contribution in [2.45, 2.75) is 6.42 Å². The van der Waals surface area contributed by atoms with Crippen molar-refractivity contribution < 1.29 is 15.2 Å². The second kappa shape index (κ2) is 5.02. The van der Waals surface area contributed by atoms with E-state index >= 15 is 0 Å². The highest BCUT2D eigenvalue weighted by molar-refractivity contribution is 6.15. The molecule has 0 saturated heterocycles. The summed E-state index contributed by atoms with van der Waals surface area (Å²) in [5.41, 5.74) is 3.64. The van der Waals surface area contributed by atoms with E-state index in [1.165, 1.54) is 0 Å². The van der Waals surface area contributed by atoms with Crippen LogP contribution in [0.3, 0.4) is 0 Å². The van der Waals surface area contributed by atoms with E-state index in [0.717, 1.165) is 22.3 Å². The Morgan fingerprint density at radius 2 is 1.80 bits per heavy atom. The van der Waals surface area contributed by atoms with Crippen molar-refractivity contribution in [1.29, 1.82) is 0 Å². The number of nitrogens with one attached hydrogen (secondary N) is 1. The maximum Gasteiger partial charge on any atom is 0.189 e. The highest BCUT2D eigenvalue weighted by Crippen LogP contribution is 2.27. The third-order valence-electron chi connectivity index (χ3n) is 3.43. The van der Waals surface area contributed by atoms with Crippen LogP contribution < -0.4 is 5.23 Å². The summed E-state index contributed by atoms with van der Waals surface area (Å²) in [6, 6.07) is 14.1. The summed E-state index contributed by atoms with van der Waals surface area (Å²) in [6.45, 7) is 0. The Labute approximate surface area is 116 Å². The Kier molecular flexibility index (Phi) is 3.20. The molecule has 0 aromatic heterocycles. The average molecular weight is 267 g/mol. The first kappa shape index (κ1) is 12.7. The lowest BCUT2D eigenvalue weighted by Gasteiger charge is -2.10. The topological polar surface area (TPSA) is 64.8 Å². The quantitative estimate of drug-likeness (QED) is 0.645. The van der Waals surface area contributed by atoms with Gasteiger partial charge >= 0.3 is 0 Å². The van der Waals surface area contributed by atoms with Crippen LogP contribution in [-0.2, 0) is 6.42 Å². The highest BCUT2D eigenvalue weighted by atomic mass is 16.8. The maximum atomic E-state index is 12.2. The van der Waals surface area contributed by atoms with Crippen molar-refractivity contribution in [2.24, 2.45) is 0 Å². The van der Waals surface area contributed by atoms with Gasteiger partial charge in [0.25, 0.3) is 0 Å². The lowest BCUT2D eigenvalue weighted by Crippen LogP contribution is -2.99. The molecule has 1 aliphatic carbocycles. The van der Waals surface area contributed by atoms with Crippen LogP contribution in [0.15, 0.2) is 54.1 Å². The third-order valence-corrected chi connectivity index (χ3v) is 3.43. The molecule has 0 spiro atoms. The summed E-state index contributed by atoms with van der Waals surface area (Å²) in [7, 11) is 0. The number of rotatable bonds is 2. The van der Waals surface area contributed by atoms with Gasteiger partial charge in [-0.3, -0.25) is 4.79 Å². The van der Waals surface area contributed by atoms with Gasteiger partial charge in [0.05, 0.1) is 0 Å². The zero-order valence-corrected chi connectivity index (χ0v) is 10.7. The first-order valence-electron chi connectivity index (χ1n) is 6.32. The number of fused-ring (bicyclic) bond motifs is 1. The summed E-state index contributed by atoms with van der Waals surface area (Å²) < 4.78 is 0. The molecule has 2 aromatic rings. The molecule has 1 unspecified atom stereocenters. The molecule has 0 heterocycles. The lowest BCUT2D eigenvalue weighted by atomic mass is 10.1. The SMILES string of the molecule is O=C1/C(=C\c2ccc([NH+]([O-])O)cc2)Cc2ccccc21. The minimum absolute atomic E-state index is 0.0583. The Bertz CT molecular complexity index is 687. The van der Waals surface area contributed by atoms with E-state index in [2.05, 4.69) is 0 Å². The Balaban J connectivity index is 1.89. The molecule has 0 saturated carbocycles. The van der Waals surface area contributed by atoms with Crippen molar-refractivity contribution in [3.63, 3.8) is 0 Å². The van der Waals surface area contributed by atoms with Crippen molar-refractivity contribution in [3.05, 3.63) is 76.0 Å². The molecule has 1 atom stereocenters. The van der Waals surface area contributed by atoms with E-state index in [1.54, 1.807) is 24.3 Å². The molecule has 0 bridgehead atoms. The molecule has 0 aliphatic heterocycles. The molecule has 0 amide bonds. The van der Waals surface area contributed by atoms with Gasteiger partial charge < -0.3 is 5.21 Å². The number of allylic oxidation sites excluding steroid dienone is 1. The normalized spacial score (nSPS) is 17.3. The number of hydrogen-bond acceptors (Lipinski definition) is 3. The number of carbonyl (C=O) groups excluding carboxylic acids is 1. The second-order valence-electron chi connectivity index (χ2n) is 4.76. The molecule has 100 valence electrons. The largest absolute Gasteiger partial charge is 0.595 e. The smallest absolute Gasteiger partial charge is 0.189 e. The first-order chi connectivity index (χ1) is 9.65. The lowest BCUT2D eigenvalue weighted by molar-refractivity contribution is -0.991. The minimum Gasteiger partial charge on any atom is -0.595 e. The number of benzene rings is 2. The van der Waals surface area contributed by atoms with E-state index in [0.29, 0.717) is 6.42 Å². The van der Waals surface area contributed by atoms with E-state index < -0.39 is 5.23 Å². The van der Waals surface area contributed by atoms with Crippen LogP contribution in [0.25, 0.3) is 6.08 Å².